The van der Waals surface area contributed by atoms with Crippen molar-refractivity contribution in [3.8, 4) is 5.75 Å². The van der Waals surface area contributed by atoms with Crippen molar-refractivity contribution in [3.05, 3.63) is 29.3 Å². The van der Waals surface area contributed by atoms with Crippen molar-refractivity contribution in [2.24, 2.45) is 11.8 Å². The average molecular weight is 500 g/mol. The van der Waals surface area contributed by atoms with Crippen LogP contribution in [0.25, 0.3) is 0 Å². The molecule has 0 radical (unpaired) electrons. The van der Waals surface area contributed by atoms with Crippen molar-refractivity contribution in [3.63, 3.8) is 0 Å². The predicted octanol–water partition coefficient (Wildman–Crippen LogP) is 2.44. The third kappa shape index (κ3) is 4.41. The van der Waals surface area contributed by atoms with Gasteiger partial charge in [-0.05, 0) is 67.7 Å². The Morgan fingerprint density at radius 3 is 2.69 bits per heavy atom. The van der Waals surface area contributed by atoms with Crippen LogP contribution in [0, 0.1) is 11.8 Å². The van der Waals surface area contributed by atoms with Crippen LogP contribution in [-0.2, 0) is 20.9 Å². The summed E-state index contributed by atoms with van der Waals surface area (Å²) >= 11 is 0. The fourth-order valence-corrected chi connectivity index (χ4v) is 6.77. The Morgan fingerprint density at radius 1 is 1.06 bits per heavy atom. The predicted molar refractivity (Wildman–Crippen MR) is 128 cm³/mol. The second kappa shape index (κ2) is 9.74. The lowest BCUT2D eigenvalue weighted by atomic mass is 9.77. The van der Waals surface area contributed by atoms with Gasteiger partial charge in [0.05, 0.1) is 6.61 Å². The monoisotopic (exact) mass is 499 g/mol. The molecule has 0 bridgehead atoms. The van der Waals surface area contributed by atoms with Crippen LogP contribution in [0.5, 0.6) is 5.75 Å². The fourth-order valence-electron chi connectivity index (χ4n) is 6.77. The van der Waals surface area contributed by atoms with E-state index in [2.05, 4.69) is 10.2 Å². The Morgan fingerprint density at radius 2 is 1.89 bits per heavy atom. The Labute approximate surface area is 210 Å². The lowest BCUT2D eigenvalue weighted by molar-refractivity contribution is -0.136. The van der Waals surface area contributed by atoms with Crippen molar-refractivity contribution in [2.75, 3.05) is 26.3 Å². The van der Waals surface area contributed by atoms with Crippen molar-refractivity contribution < 1.29 is 28.2 Å². The van der Waals surface area contributed by atoms with Gasteiger partial charge >= 0.3 is 0 Å². The second-order valence-electron chi connectivity index (χ2n) is 11.0. The van der Waals surface area contributed by atoms with E-state index in [-0.39, 0.29) is 36.9 Å². The van der Waals surface area contributed by atoms with E-state index in [9.17, 15) is 18.8 Å². The summed E-state index contributed by atoms with van der Waals surface area (Å²) in [4.78, 5) is 40.8. The number of benzene rings is 1. The Balaban J connectivity index is 1.10. The van der Waals surface area contributed by atoms with E-state index in [4.69, 9.17) is 9.47 Å². The Kier molecular flexibility index (Phi) is 6.46. The highest BCUT2D eigenvalue weighted by Crippen LogP contribution is 2.38. The van der Waals surface area contributed by atoms with Crippen LogP contribution in [0.15, 0.2) is 18.2 Å². The molecule has 5 aliphatic rings. The largest absolute Gasteiger partial charge is 0.489 e. The number of nitrogens with zero attached hydrogens (tertiary/aromatic N) is 2. The maximum absolute atomic E-state index is 14.3. The lowest BCUT2D eigenvalue weighted by Gasteiger charge is -2.51. The summed E-state index contributed by atoms with van der Waals surface area (Å²) in [5.74, 6) is 0.391. The van der Waals surface area contributed by atoms with E-state index < -0.39 is 18.1 Å². The molecule has 194 valence electrons. The van der Waals surface area contributed by atoms with Gasteiger partial charge in [0.2, 0.25) is 11.8 Å². The Bertz CT molecular complexity index is 1040. The number of rotatable bonds is 5. The van der Waals surface area contributed by atoms with Gasteiger partial charge < -0.3 is 14.4 Å². The molecule has 9 heteroatoms. The smallest absolute Gasteiger partial charge is 0.255 e. The highest BCUT2D eigenvalue weighted by Gasteiger charge is 2.44. The first-order chi connectivity index (χ1) is 17.5. The number of hydrogen-bond donors (Lipinski definition) is 1. The molecule has 6 rings (SSSR count). The van der Waals surface area contributed by atoms with E-state index in [1.165, 1.54) is 6.42 Å². The highest BCUT2D eigenvalue weighted by atomic mass is 19.1. The first-order valence-corrected chi connectivity index (χ1v) is 13.4. The quantitative estimate of drug-likeness (QED) is 0.627. The van der Waals surface area contributed by atoms with Crippen molar-refractivity contribution in [1.29, 1.82) is 0 Å². The van der Waals surface area contributed by atoms with Crippen LogP contribution in [0.3, 0.4) is 0 Å². The summed E-state index contributed by atoms with van der Waals surface area (Å²) in [6.07, 6.45) is 4.98. The van der Waals surface area contributed by atoms with Crippen LogP contribution in [0.4, 0.5) is 4.39 Å². The van der Waals surface area contributed by atoms with E-state index in [0.29, 0.717) is 37.1 Å². The van der Waals surface area contributed by atoms with Gasteiger partial charge in [0.25, 0.3) is 5.91 Å². The number of halogens is 1. The molecule has 4 aliphatic heterocycles. The lowest BCUT2D eigenvalue weighted by Crippen LogP contribution is -2.60. The fraction of sp³-hybridized carbons (Fsp3) is 0.667. The molecule has 0 aromatic heterocycles. The van der Waals surface area contributed by atoms with Gasteiger partial charge in [0, 0.05) is 44.3 Å². The van der Waals surface area contributed by atoms with Gasteiger partial charge in [-0.25, -0.2) is 4.39 Å². The number of amides is 3. The molecule has 8 nitrogen and oxygen atoms in total. The molecule has 36 heavy (non-hydrogen) atoms. The summed E-state index contributed by atoms with van der Waals surface area (Å²) < 4.78 is 26.1. The minimum Gasteiger partial charge on any atom is -0.489 e. The molecule has 5 atom stereocenters. The normalized spacial score (nSPS) is 33.8. The molecule has 1 saturated carbocycles. The topological polar surface area (TPSA) is 88.2 Å². The maximum atomic E-state index is 14.3. The first kappa shape index (κ1) is 23.9. The number of ether oxygens (including phenoxy) is 2. The number of hydrogen-bond acceptors (Lipinski definition) is 6. The van der Waals surface area contributed by atoms with Crippen molar-refractivity contribution in [2.45, 2.75) is 75.8 Å². The number of nitrogens with one attached hydrogen (secondary N) is 1. The molecular formula is C27H34FN3O5. The molecule has 0 spiro atoms. The van der Waals surface area contributed by atoms with Crippen LogP contribution in [0.1, 0.15) is 60.9 Å². The molecule has 3 amide bonds. The van der Waals surface area contributed by atoms with Gasteiger partial charge in [0.1, 0.15) is 24.1 Å². The van der Waals surface area contributed by atoms with Gasteiger partial charge in [-0.2, -0.15) is 0 Å². The molecule has 1 aromatic rings. The standard InChI is InChI=1S/C27H34FN3O5/c28-21-15-35-10-9-19(21)17-12-30(13-17)22-3-1-2-4-24(22)36-18-5-6-20-16(11-18)14-31(27(20)34)23-7-8-25(32)29-26(23)33/h5-6,11,17,19,21-24H,1-4,7-10,12-15H2,(H,29,32,33)/t19?,21?,22-,23?,24-/m0/s1. The molecule has 3 unspecified atom stereocenters. The Hall–Kier alpha value is -2.52. The number of likely N-dealkylation sites (tertiary alicyclic amines) is 1. The van der Waals surface area contributed by atoms with Crippen LogP contribution in [0.2, 0.25) is 0 Å². The number of fused-ring (bicyclic) bond motifs is 1. The highest BCUT2D eigenvalue weighted by molar-refractivity contribution is 6.05. The second-order valence-corrected chi connectivity index (χ2v) is 11.0. The summed E-state index contributed by atoms with van der Waals surface area (Å²) in [7, 11) is 0. The summed E-state index contributed by atoms with van der Waals surface area (Å²) in [6.45, 7) is 3.09. The third-order valence-electron chi connectivity index (χ3n) is 8.80. The first-order valence-electron chi connectivity index (χ1n) is 13.4. The molecule has 4 fully saturated rings. The summed E-state index contributed by atoms with van der Waals surface area (Å²) in [6, 6.07) is 5.28. The van der Waals surface area contributed by atoms with E-state index in [1.54, 1.807) is 11.0 Å². The average Bonchev–Trinajstić information content (AvgIpc) is 3.16. The van der Waals surface area contributed by atoms with Gasteiger partial charge in [-0.1, -0.05) is 6.42 Å². The molecule has 1 N–H and O–H groups in total. The molecule has 1 aromatic carbocycles. The number of carbonyl (C=O) groups excluding carboxylic acids is 3. The zero-order valence-electron chi connectivity index (χ0n) is 20.5. The van der Waals surface area contributed by atoms with Gasteiger partial charge in [0.15, 0.2) is 0 Å². The molecule has 4 heterocycles. The van der Waals surface area contributed by atoms with Gasteiger partial charge in [-0.15, -0.1) is 0 Å². The molecule has 3 saturated heterocycles. The van der Waals surface area contributed by atoms with E-state index in [1.807, 2.05) is 12.1 Å². The van der Waals surface area contributed by atoms with Crippen molar-refractivity contribution >= 4 is 17.7 Å². The van der Waals surface area contributed by atoms with Gasteiger partial charge in [-0.3, -0.25) is 24.6 Å². The van der Waals surface area contributed by atoms with Crippen LogP contribution >= 0.6 is 0 Å². The van der Waals surface area contributed by atoms with E-state index >= 15 is 0 Å². The van der Waals surface area contributed by atoms with E-state index in [0.717, 1.165) is 50.1 Å². The van der Waals surface area contributed by atoms with Crippen molar-refractivity contribution in [1.82, 2.24) is 15.1 Å². The minimum atomic E-state index is -0.849. The zero-order chi connectivity index (χ0) is 24.8. The van der Waals surface area contributed by atoms with Crippen LogP contribution < -0.4 is 10.1 Å². The van der Waals surface area contributed by atoms with Crippen LogP contribution in [-0.4, -0.2) is 78.2 Å². The minimum absolute atomic E-state index is 0.0666. The third-order valence-corrected chi connectivity index (χ3v) is 8.80. The number of imide groups is 1. The molecular weight excluding hydrogens is 465 g/mol. The number of piperidine rings is 1. The summed E-state index contributed by atoms with van der Waals surface area (Å²) in [5, 5.41) is 2.34. The molecule has 1 aliphatic carbocycles. The SMILES string of the molecule is O=C1CCC(N2Cc3cc(O[C@H]4CCCC[C@@H]4N4CC(C5CCOCC5F)C4)ccc3C2=O)C(=O)N1. The number of alkyl halides is 1. The maximum Gasteiger partial charge on any atom is 0.255 e. The zero-order valence-corrected chi connectivity index (χ0v) is 20.5. The number of carbonyl (C=O) groups is 3. The summed E-state index contributed by atoms with van der Waals surface area (Å²) in [5.41, 5.74) is 1.45.